The highest BCUT2D eigenvalue weighted by Crippen LogP contribution is 2.38. The van der Waals surface area contributed by atoms with E-state index in [1.165, 1.54) is 49.9 Å². The van der Waals surface area contributed by atoms with Crippen LogP contribution in [0.5, 0.6) is 0 Å². The molecule has 0 bridgehead atoms. The van der Waals surface area contributed by atoms with Gasteiger partial charge >= 0.3 is 0 Å². The van der Waals surface area contributed by atoms with E-state index < -0.39 is 0 Å². The van der Waals surface area contributed by atoms with Gasteiger partial charge in [0.1, 0.15) is 11.6 Å². The van der Waals surface area contributed by atoms with Crippen molar-refractivity contribution in [1.82, 2.24) is 14.9 Å². The van der Waals surface area contributed by atoms with Crippen LogP contribution < -0.4 is 26.2 Å². The summed E-state index contributed by atoms with van der Waals surface area (Å²) in [4.78, 5) is 35.3. The first-order valence-electron chi connectivity index (χ1n) is 19.0. The topological polar surface area (TPSA) is 135 Å². The fourth-order valence-electron chi connectivity index (χ4n) is 7.71. The van der Waals surface area contributed by atoms with Gasteiger partial charge in [-0.25, -0.2) is 24.9 Å². The smallest absolute Gasteiger partial charge is 0.240 e. The maximum absolute atomic E-state index is 6.34. The Morgan fingerprint density at radius 2 is 1.13 bits per heavy atom. The van der Waals surface area contributed by atoms with Crippen LogP contribution >= 0.6 is 0 Å². The lowest BCUT2D eigenvalue weighted by Crippen LogP contribution is -2.43. The normalized spacial score (nSPS) is 18.1. The van der Waals surface area contributed by atoms with Crippen molar-refractivity contribution < 1.29 is 0 Å². The molecule has 2 fully saturated rings. The summed E-state index contributed by atoms with van der Waals surface area (Å²) in [6.45, 7) is 8.32. The average Bonchev–Trinajstić information content (AvgIpc) is 3.18. The highest BCUT2D eigenvalue weighted by Gasteiger charge is 2.33. The second-order valence-corrected chi connectivity index (χ2v) is 14.5. The van der Waals surface area contributed by atoms with Crippen LogP contribution in [-0.4, -0.2) is 64.6 Å². The quantitative estimate of drug-likeness (QED) is 0.169. The molecule has 4 aromatic rings. The zero-order chi connectivity index (χ0) is 36.6. The first-order chi connectivity index (χ1) is 26.4. The molecule has 2 aromatic carbocycles. The summed E-state index contributed by atoms with van der Waals surface area (Å²) < 4.78 is 0. The third-order valence-corrected chi connectivity index (χ3v) is 10.5. The minimum atomic E-state index is 0.108. The van der Waals surface area contributed by atoms with E-state index in [0.29, 0.717) is 11.9 Å². The first-order valence-corrected chi connectivity index (χ1v) is 19.0. The van der Waals surface area contributed by atoms with E-state index in [-0.39, 0.29) is 5.96 Å². The Hall–Kier alpha value is -6.30. The van der Waals surface area contributed by atoms with Crippen molar-refractivity contribution in [3.05, 3.63) is 113 Å². The van der Waals surface area contributed by atoms with Crippen molar-refractivity contribution in [2.75, 3.05) is 46.6 Å². The Bertz CT molecular complexity index is 2190. The molecule has 0 saturated carbocycles. The molecule has 9 rings (SSSR count). The second-order valence-electron chi connectivity index (χ2n) is 14.5. The molecular formula is C42H44N12. The number of hydrogen-bond acceptors (Lipinski definition) is 12. The van der Waals surface area contributed by atoms with Crippen LogP contribution in [-0.2, 0) is 0 Å². The Morgan fingerprint density at radius 3 is 1.72 bits per heavy atom. The predicted octanol–water partition coefficient (Wildman–Crippen LogP) is 7.64. The molecule has 0 amide bonds. The van der Waals surface area contributed by atoms with E-state index in [2.05, 4.69) is 115 Å². The van der Waals surface area contributed by atoms with E-state index in [9.17, 15) is 0 Å². The molecule has 0 radical (unpaired) electrons. The maximum atomic E-state index is 6.34. The first kappa shape index (κ1) is 33.5. The number of aryl methyl sites for hydroxylation is 2. The standard InChI is InChI=1S/C42H44N12/c1-27-13-15-44-38(21-27)46-34-23-29(52-17-5-3-6-18-52)9-11-32(34)36-25-31-26-37(49-42-51-40(43)50-41(48-36)54(31)42)33-12-10-30(53-19-7-4-8-20-53)24-35(33)47-39-22-28(2)14-16-45-39/h9-16,21-26H,3-8,17-20H2,1-2H3,(H,44,46)(H,45,47)(H2,43,48,49,50,51). The molecule has 2 aromatic heterocycles. The number of piperidine rings is 2. The van der Waals surface area contributed by atoms with Crippen molar-refractivity contribution in [3.63, 3.8) is 0 Å². The van der Waals surface area contributed by atoms with Gasteiger partial charge in [0.05, 0.1) is 28.5 Å². The summed E-state index contributed by atoms with van der Waals surface area (Å²) in [6.07, 6.45) is 15.1. The average molecular weight is 717 g/mol. The van der Waals surface area contributed by atoms with E-state index in [0.717, 1.165) is 88.5 Å². The number of pyridine rings is 2. The van der Waals surface area contributed by atoms with Crippen LogP contribution in [0.1, 0.15) is 60.8 Å². The number of nitrogens with two attached hydrogens (primary N) is 1. The molecule has 7 heterocycles. The number of rotatable bonds is 8. The van der Waals surface area contributed by atoms with Crippen molar-refractivity contribution in [2.45, 2.75) is 52.4 Å². The number of nitrogens with zero attached hydrogens (tertiary/aromatic N) is 9. The minimum Gasteiger partial charge on any atom is -0.371 e. The molecule has 272 valence electrons. The Labute approximate surface area is 315 Å². The van der Waals surface area contributed by atoms with Gasteiger partial charge in [-0.15, -0.1) is 0 Å². The number of benzene rings is 2. The molecule has 54 heavy (non-hydrogen) atoms. The molecule has 12 nitrogen and oxygen atoms in total. The second kappa shape index (κ2) is 14.3. The zero-order valence-corrected chi connectivity index (χ0v) is 30.8. The predicted molar refractivity (Wildman–Crippen MR) is 220 cm³/mol. The van der Waals surface area contributed by atoms with Gasteiger partial charge in [0.25, 0.3) is 0 Å². The SMILES string of the molecule is Cc1ccnc(Nc2cc(N3CCCCC3)ccc2C2=CC3=CC(c4ccc(N5CCCCC5)cc4Nc4cc(C)ccn4)=NC4=NC(N)=NC(=N2)N34)c1. The molecule has 12 heteroatoms. The van der Waals surface area contributed by atoms with Gasteiger partial charge in [0, 0.05) is 61.1 Å². The van der Waals surface area contributed by atoms with E-state index in [1.54, 1.807) is 0 Å². The van der Waals surface area contributed by atoms with Crippen LogP contribution in [0.2, 0.25) is 0 Å². The largest absolute Gasteiger partial charge is 0.371 e. The Kier molecular flexibility index (Phi) is 8.85. The number of nitrogens with one attached hydrogen (secondary N) is 2. The Balaban J connectivity index is 1.14. The fraction of sp³-hybridized carbons (Fsp3) is 0.286. The number of hydrogen-bond donors (Lipinski definition) is 3. The molecule has 0 atom stereocenters. The highest BCUT2D eigenvalue weighted by molar-refractivity contribution is 6.25. The summed E-state index contributed by atoms with van der Waals surface area (Å²) in [5.41, 5.74) is 17.0. The highest BCUT2D eigenvalue weighted by atomic mass is 15.4. The fourth-order valence-corrected chi connectivity index (χ4v) is 7.71. The van der Waals surface area contributed by atoms with Gasteiger partial charge in [-0.05, 0) is 136 Å². The molecule has 5 aliphatic rings. The van der Waals surface area contributed by atoms with Crippen molar-refractivity contribution >= 4 is 63.7 Å². The summed E-state index contributed by atoms with van der Waals surface area (Å²) in [6, 6.07) is 21.2. The third-order valence-electron chi connectivity index (χ3n) is 10.5. The van der Waals surface area contributed by atoms with Crippen LogP contribution in [0.25, 0.3) is 5.70 Å². The van der Waals surface area contributed by atoms with E-state index in [1.807, 2.05) is 29.4 Å². The van der Waals surface area contributed by atoms with Crippen LogP contribution in [0, 0.1) is 13.8 Å². The molecule has 4 N–H and O–H groups in total. The molecular weight excluding hydrogens is 673 g/mol. The molecule has 0 unspecified atom stereocenters. The monoisotopic (exact) mass is 716 g/mol. The molecule has 5 aliphatic heterocycles. The summed E-state index contributed by atoms with van der Waals surface area (Å²) >= 11 is 0. The lowest BCUT2D eigenvalue weighted by molar-refractivity contribution is 0.578. The van der Waals surface area contributed by atoms with E-state index >= 15 is 0 Å². The van der Waals surface area contributed by atoms with Crippen LogP contribution in [0.4, 0.5) is 34.4 Å². The number of allylic oxidation sites excluding steroid dienone is 2. The van der Waals surface area contributed by atoms with Gasteiger partial charge in [0.15, 0.2) is 0 Å². The van der Waals surface area contributed by atoms with Gasteiger partial charge in [-0.3, -0.25) is 0 Å². The van der Waals surface area contributed by atoms with Crippen LogP contribution in [0.3, 0.4) is 0 Å². The molecule has 2 saturated heterocycles. The lowest BCUT2D eigenvalue weighted by Gasteiger charge is -2.33. The summed E-state index contributed by atoms with van der Waals surface area (Å²) in [5.74, 6) is 2.50. The van der Waals surface area contributed by atoms with Crippen molar-refractivity contribution in [3.8, 4) is 0 Å². The number of anilines is 6. The maximum Gasteiger partial charge on any atom is 0.240 e. The number of guanidine groups is 3. The van der Waals surface area contributed by atoms with Gasteiger partial charge in [-0.1, -0.05) is 0 Å². The van der Waals surface area contributed by atoms with Gasteiger partial charge in [0.2, 0.25) is 17.9 Å². The number of aliphatic imine (C=N–C) groups is 4. The minimum absolute atomic E-state index is 0.108. The summed E-state index contributed by atoms with van der Waals surface area (Å²) in [5, 5.41) is 7.24. The summed E-state index contributed by atoms with van der Waals surface area (Å²) in [7, 11) is 0. The molecule has 0 spiro atoms. The number of aromatic nitrogens is 2. The third kappa shape index (κ3) is 6.82. The van der Waals surface area contributed by atoms with Gasteiger partial charge < -0.3 is 26.2 Å². The van der Waals surface area contributed by atoms with E-state index in [4.69, 9.17) is 15.7 Å². The van der Waals surface area contributed by atoms with Crippen molar-refractivity contribution in [1.29, 1.82) is 0 Å². The zero-order valence-electron chi connectivity index (χ0n) is 30.8. The van der Waals surface area contributed by atoms with Gasteiger partial charge in [-0.2, -0.15) is 9.98 Å². The lowest BCUT2D eigenvalue weighted by atomic mass is 10.0. The van der Waals surface area contributed by atoms with Crippen molar-refractivity contribution in [2.24, 2.45) is 25.7 Å². The Morgan fingerprint density at radius 1 is 0.574 bits per heavy atom. The molecule has 0 aliphatic carbocycles. The van der Waals surface area contributed by atoms with Crippen LogP contribution in [0.15, 0.2) is 111 Å².